The molecule has 102 valence electrons. The molecule has 0 atom stereocenters. The number of ether oxygens (including phenoxy) is 2. The molecule has 0 aliphatic heterocycles. The molecule has 1 N–H and O–H groups in total. The second-order valence-electron chi connectivity index (χ2n) is 4.10. The van der Waals surface area contributed by atoms with Gasteiger partial charge >= 0.3 is 0 Å². The predicted octanol–water partition coefficient (Wildman–Crippen LogP) is 2.57. The van der Waals surface area contributed by atoms with Gasteiger partial charge in [-0.15, -0.1) is 11.3 Å². The Morgan fingerprint density at radius 1 is 1.32 bits per heavy atom. The molecule has 0 saturated carbocycles. The summed E-state index contributed by atoms with van der Waals surface area (Å²) in [5.41, 5.74) is 3.71. The van der Waals surface area contributed by atoms with Crippen molar-refractivity contribution < 1.29 is 14.6 Å². The predicted molar refractivity (Wildman–Crippen MR) is 75.0 cm³/mol. The molecule has 1 heterocycles. The van der Waals surface area contributed by atoms with Crippen LogP contribution in [0.5, 0.6) is 11.5 Å². The first-order valence-electron chi connectivity index (χ1n) is 6.04. The second-order valence-corrected chi connectivity index (χ2v) is 5.04. The third kappa shape index (κ3) is 3.45. The van der Waals surface area contributed by atoms with Gasteiger partial charge in [0.15, 0.2) is 11.5 Å². The molecule has 0 aliphatic carbocycles. The normalized spacial score (nSPS) is 10.5. The Labute approximate surface area is 116 Å². The topological polar surface area (TPSA) is 51.6 Å². The highest BCUT2D eigenvalue weighted by atomic mass is 32.1. The summed E-state index contributed by atoms with van der Waals surface area (Å²) in [6, 6.07) is 5.43. The third-order valence-corrected chi connectivity index (χ3v) is 3.84. The van der Waals surface area contributed by atoms with E-state index >= 15 is 0 Å². The lowest BCUT2D eigenvalue weighted by molar-refractivity contribution is 0.276. The number of aliphatic hydroxyl groups is 1. The van der Waals surface area contributed by atoms with E-state index in [0.29, 0.717) is 18.1 Å². The molecule has 0 bridgehead atoms. The number of benzene rings is 1. The van der Waals surface area contributed by atoms with Gasteiger partial charge in [0, 0.05) is 11.3 Å². The monoisotopic (exact) mass is 279 g/mol. The van der Waals surface area contributed by atoms with Crippen LogP contribution < -0.4 is 9.47 Å². The van der Waals surface area contributed by atoms with E-state index in [0.717, 1.165) is 17.7 Å². The number of thiazole rings is 1. The Bertz CT molecular complexity index is 539. The van der Waals surface area contributed by atoms with Crippen LogP contribution in [-0.2, 0) is 13.0 Å². The SMILES string of the molecule is COc1ccc(CO)cc1OCCc1scnc1C. The number of hydrogen-bond acceptors (Lipinski definition) is 5. The van der Waals surface area contributed by atoms with Crippen LogP contribution in [0.1, 0.15) is 16.1 Å². The summed E-state index contributed by atoms with van der Waals surface area (Å²) in [6.45, 7) is 2.56. The zero-order chi connectivity index (χ0) is 13.7. The highest BCUT2D eigenvalue weighted by molar-refractivity contribution is 7.09. The molecular formula is C14H17NO3S. The summed E-state index contributed by atoms with van der Waals surface area (Å²) in [4.78, 5) is 5.44. The lowest BCUT2D eigenvalue weighted by Gasteiger charge is -2.11. The van der Waals surface area contributed by atoms with Gasteiger partial charge in [0.2, 0.25) is 0 Å². The highest BCUT2D eigenvalue weighted by Crippen LogP contribution is 2.28. The maximum atomic E-state index is 9.13. The summed E-state index contributed by atoms with van der Waals surface area (Å²) in [5, 5.41) is 9.13. The van der Waals surface area contributed by atoms with Gasteiger partial charge in [0.25, 0.3) is 0 Å². The fraction of sp³-hybridized carbons (Fsp3) is 0.357. The molecule has 2 rings (SSSR count). The Balaban J connectivity index is 2.00. The van der Waals surface area contributed by atoms with E-state index in [-0.39, 0.29) is 6.61 Å². The van der Waals surface area contributed by atoms with Gasteiger partial charge in [-0.2, -0.15) is 0 Å². The van der Waals surface area contributed by atoms with Crippen LogP contribution in [0.15, 0.2) is 23.7 Å². The molecule has 0 fully saturated rings. The van der Waals surface area contributed by atoms with E-state index in [1.165, 1.54) is 4.88 Å². The summed E-state index contributed by atoms with van der Waals surface area (Å²) in [7, 11) is 1.61. The fourth-order valence-electron chi connectivity index (χ4n) is 1.75. The average Bonchev–Trinajstić information content (AvgIpc) is 2.84. The number of aliphatic hydroxyl groups excluding tert-OH is 1. The van der Waals surface area contributed by atoms with Crippen LogP contribution in [0.4, 0.5) is 0 Å². The van der Waals surface area contributed by atoms with Crippen LogP contribution >= 0.6 is 11.3 Å². The van der Waals surface area contributed by atoms with Crippen molar-refractivity contribution in [3.63, 3.8) is 0 Å². The lowest BCUT2D eigenvalue weighted by Crippen LogP contribution is -2.03. The highest BCUT2D eigenvalue weighted by Gasteiger charge is 2.07. The summed E-state index contributed by atoms with van der Waals surface area (Å²) < 4.78 is 11.0. The van der Waals surface area contributed by atoms with E-state index in [1.54, 1.807) is 30.6 Å². The van der Waals surface area contributed by atoms with Crippen molar-refractivity contribution in [3.05, 3.63) is 39.8 Å². The first-order valence-corrected chi connectivity index (χ1v) is 6.92. The Morgan fingerprint density at radius 2 is 2.16 bits per heavy atom. The van der Waals surface area contributed by atoms with Gasteiger partial charge in [-0.1, -0.05) is 6.07 Å². The molecule has 0 radical (unpaired) electrons. The number of methoxy groups -OCH3 is 1. The van der Waals surface area contributed by atoms with Crippen molar-refractivity contribution in [2.75, 3.05) is 13.7 Å². The maximum absolute atomic E-state index is 9.13. The zero-order valence-corrected chi connectivity index (χ0v) is 11.9. The molecule has 1 aromatic heterocycles. The number of nitrogens with zero attached hydrogens (tertiary/aromatic N) is 1. The summed E-state index contributed by atoms with van der Waals surface area (Å²) in [5.74, 6) is 1.34. The standard InChI is InChI=1S/C14H17NO3S/c1-10-14(19-9-15-10)5-6-18-13-7-11(8-16)3-4-12(13)17-2/h3-4,7,9,16H,5-6,8H2,1-2H3. The van der Waals surface area contributed by atoms with E-state index < -0.39 is 0 Å². The number of aromatic nitrogens is 1. The minimum atomic E-state index is -0.00565. The number of aryl methyl sites for hydroxylation is 1. The molecular weight excluding hydrogens is 262 g/mol. The van der Waals surface area contributed by atoms with Gasteiger partial charge in [0.05, 0.1) is 31.5 Å². The molecule has 0 spiro atoms. The van der Waals surface area contributed by atoms with Crippen molar-refractivity contribution in [2.24, 2.45) is 0 Å². The van der Waals surface area contributed by atoms with Gasteiger partial charge in [0.1, 0.15) is 0 Å². The van der Waals surface area contributed by atoms with Crippen LogP contribution in [0, 0.1) is 6.92 Å². The average molecular weight is 279 g/mol. The molecule has 19 heavy (non-hydrogen) atoms. The van der Waals surface area contributed by atoms with E-state index in [4.69, 9.17) is 14.6 Å². The van der Waals surface area contributed by atoms with Crippen molar-refractivity contribution in [1.29, 1.82) is 0 Å². The van der Waals surface area contributed by atoms with Gasteiger partial charge in [-0.25, -0.2) is 4.98 Å². The van der Waals surface area contributed by atoms with Gasteiger partial charge < -0.3 is 14.6 Å². The minimum absolute atomic E-state index is 0.00565. The molecule has 1 aromatic carbocycles. The van der Waals surface area contributed by atoms with Crippen LogP contribution in [0.25, 0.3) is 0 Å². The second kappa shape index (κ2) is 6.54. The van der Waals surface area contributed by atoms with Crippen LogP contribution in [0.2, 0.25) is 0 Å². The molecule has 0 amide bonds. The van der Waals surface area contributed by atoms with Gasteiger partial charge in [-0.05, 0) is 24.6 Å². The van der Waals surface area contributed by atoms with Gasteiger partial charge in [-0.3, -0.25) is 0 Å². The number of rotatable bonds is 6. The largest absolute Gasteiger partial charge is 0.493 e. The van der Waals surface area contributed by atoms with E-state index in [2.05, 4.69) is 4.98 Å². The Hall–Kier alpha value is -1.59. The van der Waals surface area contributed by atoms with Crippen molar-refractivity contribution in [3.8, 4) is 11.5 Å². The Morgan fingerprint density at radius 3 is 2.79 bits per heavy atom. The molecule has 5 heteroatoms. The summed E-state index contributed by atoms with van der Waals surface area (Å²) in [6.07, 6.45) is 0.822. The molecule has 0 saturated heterocycles. The Kier molecular flexibility index (Phi) is 4.76. The molecule has 4 nitrogen and oxygen atoms in total. The van der Waals surface area contributed by atoms with E-state index in [1.807, 2.05) is 18.5 Å². The quantitative estimate of drug-likeness (QED) is 0.883. The molecule has 0 unspecified atom stereocenters. The van der Waals surface area contributed by atoms with E-state index in [9.17, 15) is 0 Å². The van der Waals surface area contributed by atoms with Crippen molar-refractivity contribution in [1.82, 2.24) is 4.98 Å². The third-order valence-electron chi connectivity index (χ3n) is 2.84. The smallest absolute Gasteiger partial charge is 0.161 e. The maximum Gasteiger partial charge on any atom is 0.161 e. The fourth-order valence-corrected chi connectivity index (χ4v) is 2.51. The van der Waals surface area contributed by atoms with Crippen molar-refractivity contribution in [2.45, 2.75) is 20.0 Å². The lowest BCUT2D eigenvalue weighted by atomic mass is 10.2. The molecule has 0 aliphatic rings. The van der Waals surface area contributed by atoms with Crippen LogP contribution in [0.3, 0.4) is 0 Å². The zero-order valence-electron chi connectivity index (χ0n) is 11.0. The van der Waals surface area contributed by atoms with Crippen LogP contribution in [-0.4, -0.2) is 23.8 Å². The first-order chi connectivity index (χ1) is 9.24. The minimum Gasteiger partial charge on any atom is -0.493 e. The summed E-state index contributed by atoms with van der Waals surface area (Å²) >= 11 is 1.64. The number of hydrogen-bond donors (Lipinski definition) is 1. The first kappa shape index (κ1) is 13.8. The van der Waals surface area contributed by atoms with Crippen molar-refractivity contribution >= 4 is 11.3 Å². The molecule has 2 aromatic rings.